The molecule has 6 nitrogen and oxygen atoms in total. The molecule has 1 aliphatic rings. The van der Waals surface area contributed by atoms with E-state index >= 15 is 0 Å². The molecule has 1 amide bonds. The van der Waals surface area contributed by atoms with Crippen LogP contribution in [0.1, 0.15) is 23.3 Å². The number of nitrogens with zero attached hydrogens (tertiary/aromatic N) is 3. The van der Waals surface area contributed by atoms with Crippen LogP contribution >= 0.6 is 11.6 Å². The summed E-state index contributed by atoms with van der Waals surface area (Å²) in [4.78, 5) is 14.0. The topological polar surface area (TPSA) is 81.3 Å². The van der Waals surface area contributed by atoms with Gasteiger partial charge in [-0.2, -0.15) is 0 Å². The molecule has 2 heterocycles. The Morgan fingerprint density at radius 3 is 2.83 bits per heavy atom. The quantitative estimate of drug-likeness (QED) is 0.920. The van der Waals surface area contributed by atoms with Crippen molar-refractivity contribution in [2.75, 3.05) is 13.1 Å². The molecule has 8 heteroatoms. The first-order valence-electron chi connectivity index (χ1n) is 7.54. The maximum atomic E-state index is 13.0. The van der Waals surface area contributed by atoms with Crippen LogP contribution in [0.5, 0.6) is 11.6 Å². The molecule has 1 unspecified atom stereocenters. The first-order chi connectivity index (χ1) is 11.5. The number of amides is 1. The van der Waals surface area contributed by atoms with E-state index in [4.69, 9.17) is 22.1 Å². The third-order valence-corrected chi connectivity index (χ3v) is 4.01. The van der Waals surface area contributed by atoms with E-state index in [1.807, 2.05) is 0 Å². The predicted molar refractivity (Wildman–Crippen MR) is 86.6 cm³/mol. The van der Waals surface area contributed by atoms with Gasteiger partial charge in [0.15, 0.2) is 5.69 Å². The molecule has 0 radical (unpaired) electrons. The second kappa shape index (κ2) is 7.11. The standard InChI is InChI=1S/C16H16ClFN4O2/c17-12-8-10(18)3-5-14(12)24-15-6-4-13(20-21-15)16(23)22-7-1-2-11(19)9-22/h3-6,8,11H,1-2,7,9,19H2. The van der Waals surface area contributed by atoms with Gasteiger partial charge in [-0.1, -0.05) is 11.6 Å². The first-order valence-corrected chi connectivity index (χ1v) is 7.92. The molecular formula is C16H16ClFN4O2. The number of hydrogen-bond donors (Lipinski definition) is 1. The van der Waals surface area contributed by atoms with E-state index in [0.717, 1.165) is 18.9 Å². The third kappa shape index (κ3) is 3.80. The summed E-state index contributed by atoms with van der Waals surface area (Å²) in [5, 5.41) is 7.89. The van der Waals surface area contributed by atoms with E-state index in [0.29, 0.717) is 13.1 Å². The number of halogens is 2. The van der Waals surface area contributed by atoms with Crippen molar-refractivity contribution in [1.82, 2.24) is 15.1 Å². The molecular weight excluding hydrogens is 335 g/mol. The Balaban J connectivity index is 1.69. The second-order valence-electron chi connectivity index (χ2n) is 5.59. The summed E-state index contributed by atoms with van der Waals surface area (Å²) < 4.78 is 18.5. The number of carbonyl (C=O) groups is 1. The average molecular weight is 351 g/mol. The van der Waals surface area contributed by atoms with Gasteiger partial charge in [0.2, 0.25) is 5.88 Å². The van der Waals surface area contributed by atoms with Gasteiger partial charge in [0.05, 0.1) is 5.02 Å². The van der Waals surface area contributed by atoms with E-state index in [1.165, 1.54) is 24.3 Å². The molecule has 24 heavy (non-hydrogen) atoms. The predicted octanol–water partition coefficient (Wildman–Crippen LogP) is 2.62. The number of hydrogen-bond acceptors (Lipinski definition) is 5. The Hall–Kier alpha value is -2.25. The number of ether oxygens (including phenoxy) is 1. The minimum absolute atomic E-state index is 0.00103. The molecule has 0 bridgehead atoms. The number of aromatic nitrogens is 2. The van der Waals surface area contributed by atoms with Crippen molar-refractivity contribution >= 4 is 17.5 Å². The van der Waals surface area contributed by atoms with Gasteiger partial charge in [0.25, 0.3) is 5.91 Å². The van der Waals surface area contributed by atoms with Crippen LogP contribution in [0.4, 0.5) is 4.39 Å². The minimum atomic E-state index is -0.459. The zero-order valence-electron chi connectivity index (χ0n) is 12.8. The summed E-state index contributed by atoms with van der Waals surface area (Å²) in [6.07, 6.45) is 1.80. The van der Waals surface area contributed by atoms with E-state index in [2.05, 4.69) is 10.2 Å². The average Bonchev–Trinajstić information content (AvgIpc) is 2.57. The lowest BCUT2D eigenvalue weighted by Gasteiger charge is -2.30. The largest absolute Gasteiger partial charge is 0.436 e. The van der Waals surface area contributed by atoms with Crippen LogP contribution in [-0.4, -0.2) is 40.1 Å². The monoisotopic (exact) mass is 350 g/mol. The van der Waals surface area contributed by atoms with Gasteiger partial charge in [0.1, 0.15) is 11.6 Å². The lowest BCUT2D eigenvalue weighted by molar-refractivity contribution is 0.0701. The van der Waals surface area contributed by atoms with Crippen molar-refractivity contribution in [3.8, 4) is 11.6 Å². The molecule has 0 aliphatic carbocycles. The molecule has 1 atom stereocenters. The van der Waals surface area contributed by atoms with Crippen LogP contribution < -0.4 is 10.5 Å². The molecule has 0 saturated carbocycles. The molecule has 2 N–H and O–H groups in total. The Bertz CT molecular complexity index is 741. The van der Waals surface area contributed by atoms with Gasteiger partial charge in [-0.3, -0.25) is 4.79 Å². The SMILES string of the molecule is NC1CCCN(C(=O)c2ccc(Oc3ccc(F)cc3Cl)nn2)C1. The van der Waals surface area contributed by atoms with Gasteiger partial charge < -0.3 is 15.4 Å². The van der Waals surface area contributed by atoms with Crippen LogP contribution in [-0.2, 0) is 0 Å². The highest BCUT2D eigenvalue weighted by Crippen LogP contribution is 2.28. The number of piperidine rings is 1. The summed E-state index contributed by atoms with van der Waals surface area (Å²) in [7, 11) is 0. The van der Waals surface area contributed by atoms with Gasteiger partial charge >= 0.3 is 0 Å². The van der Waals surface area contributed by atoms with E-state index in [-0.39, 0.29) is 34.3 Å². The molecule has 1 aliphatic heterocycles. The van der Waals surface area contributed by atoms with E-state index in [1.54, 1.807) is 4.90 Å². The van der Waals surface area contributed by atoms with Gasteiger partial charge in [-0.05, 0) is 37.1 Å². The molecule has 1 fully saturated rings. The second-order valence-corrected chi connectivity index (χ2v) is 5.99. The van der Waals surface area contributed by atoms with Crippen molar-refractivity contribution in [3.63, 3.8) is 0 Å². The fraction of sp³-hybridized carbons (Fsp3) is 0.312. The number of carbonyl (C=O) groups excluding carboxylic acids is 1. The summed E-state index contributed by atoms with van der Waals surface area (Å²) in [5.74, 6) is -0.244. The molecule has 3 rings (SSSR count). The third-order valence-electron chi connectivity index (χ3n) is 3.71. The van der Waals surface area contributed by atoms with Crippen molar-refractivity contribution < 1.29 is 13.9 Å². The Kier molecular flexibility index (Phi) is 4.92. The van der Waals surface area contributed by atoms with Crippen LogP contribution in [0.2, 0.25) is 5.02 Å². The van der Waals surface area contributed by atoms with Gasteiger partial charge in [-0.15, -0.1) is 10.2 Å². The first kappa shape index (κ1) is 16.6. The van der Waals surface area contributed by atoms with Crippen LogP contribution in [0, 0.1) is 5.82 Å². The molecule has 0 spiro atoms. The van der Waals surface area contributed by atoms with Crippen LogP contribution in [0.15, 0.2) is 30.3 Å². The summed E-state index contributed by atoms with van der Waals surface area (Å²) in [6.45, 7) is 1.18. The smallest absolute Gasteiger partial charge is 0.274 e. The van der Waals surface area contributed by atoms with Crippen molar-refractivity contribution in [2.24, 2.45) is 5.73 Å². The van der Waals surface area contributed by atoms with Crippen LogP contribution in [0.25, 0.3) is 0 Å². The van der Waals surface area contributed by atoms with E-state index < -0.39 is 5.82 Å². The Labute approximate surface area is 143 Å². The van der Waals surface area contributed by atoms with E-state index in [9.17, 15) is 9.18 Å². The highest BCUT2D eigenvalue weighted by molar-refractivity contribution is 6.32. The lowest BCUT2D eigenvalue weighted by atomic mass is 10.1. The Morgan fingerprint density at radius 2 is 2.17 bits per heavy atom. The summed E-state index contributed by atoms with van der Waals surface area (Å²) in [5.41, 5.74) is 6.11. The number of likely N-dealkylation sites (tertiary alicyclic amines) is 1. The zero-order chi connectivity index (χ0) is 17.1. The van der Waals surface area contributed by atoms with Crippen molar-refractivity contribution in [3.05, 3.63) is 46.9 Å². The maximum Gasteiger partial charge on any atom is 0.274 e. The molecule has 1 aromatic heterocycles. The highest BCUT2D eigenvalue weighted by Gasteiger charge is 2.23. The summed E-state index contributed by atoms with van der Waals surface area (Å²) >= 11 is 5.89. The van der Waals surface area contributed by atoms with Crippen LogP contribution in [0.3, 0.4) is 0 Å². The number of rotatable bonds is 3. The normalized spacial score (nSPS) is 17.6. The minimum Gasteiger partial charge on any atom is -0.436 e. The molecule has 126 valence electrons. The van der Waals surface area contributed by atoms with Gasteiger partial charge in [0, 0.05) is 25.2 Å². The lowest BCUT2D eigenvalue weighted by Crippen LogP contribution is -2.45. The molecule has 1 saturated heterocycles. The molecule has 1 aromatic carbocycles. The molecule has 2 aromatic rings. The van der Waals surface area contributed by atoms with Gasteiger partial charge in [-0.25, -0.2) is 4.39 Å². The zero-order valence-corrected chi connectivity index (χ0v) is 13.5. The summed E-state index contributed by atoms with van der Waals surface area (Å²) in [6, 6.07) is 6.81. The van der Waals surface area contributed by atoms with Crippen molar-refractivity contribution in [2.45, 2.75) is 18.9 Å². The maximum absolute atomic E-state index is 13.0. The number of nitrogens with two attached hydrogens (primary N) is 1. The fourth-order valence-electron chi connectivity index (χ4n) is 2.52. The number of benzene rings is 1. The fourth-order valence-corrected chi connectivity index (χ4v) is 2.72. The Morgan fingerprint density at radius 1 is 1.33 bits per heavy atom. The van der Waals surface area contributed by atoms with Crippen molar-refractivity contribution in [1.29, 1.82) is 0 Å². The highest BCUT2D eigenvalue weighted by atomic mass is 35.5.